The smallest absolute Gasteiger partial charge is 0.345 e. The second kappa shape index (κ2) is 28.3. The van der Waals surface area contributed by atoms with Gasteiger partial charge in [0.1, 0.15) is 34.5 Å². The summed E-state index contributed by atoms with van der Waals surface area (Å²) in [7, 11) is 0. The predicted molar refractivity (Wildman–Crippen MR) is 249 cm³/mol. The van der Waals surface area contributed by atoms with E-state index in [0.717, 1.165) is 50.0 Å². The van der Waals surface area contributed by atoms with Crippen molar-refractivity contribution >= 4 is 23.5 Å². The predicted octanol–water partition coefficient (Wildman–Crippen LogP) is 11.8. The van der Waals surface area contributed by atoms with Crippen molar-refractivity contribution in [3.63, 3.8) is 0 Å². The summed E-state index contributed by atoms with van der Waals surface area (Å²) in [5.74, 6) is -2.10. The van der Waals surface area contributed by atoms with E-state index in [-0.39, 0.29) is 74.9 Å². The molecular formula is C52H82NiO10. The van der Waals surface area contributed by atoms with Gasteiger partial charge in [0, 0.05) is 22.9 Å². The van der Waals surface area contributed by atoms with Crippen molar-refractivity contribution in [2.24, 2.45) is 16.7 Å². The summed E-state index contributed by atoms with van der Waals surface area (Å²) in [4.78, 5) is 48.4. The molecule has 0 amide bonds. The molecule has 0 aliphatic rings. The van der Waals surface area contributed by atoms with E-state index in [9.17, 15) is 29.4 Å². The van der Waals surface area contributed by atoms with Crippen molar-refractivity contribution in [1.29, 1.82) is 0 Å². The molecule has 10 nitrogen and oxygen atoms in total. The zero-order chi connectivity index (χ0) is 47.3. The number of rotatable bonds is 25. The third kappa shape index (κ3) is 23.7. The zero-order valence-electron chi connectivity index (χ0n) is 41.1. The minimum absolute atomic E-state index is 0. The molecular weight excluding hydrogens is 843 g/mol. The van der Waals surface area contributed by atoms with Crippen LogP contribution < -0.4 is 9.47 Å². The SMILES string of the molecule is CCCCOC(=O)/C(C(=O)CCCOc1ccc(C(C)(C)CC(C)(C)C)cc1)=C(\C)O.CCCCOC(=O)C(C(C)=O)C(O)CCCOc1ccc(C(C)(C)CC(C)(C)C)cc1.[Ni]. The van der Waals surface area contributed by atoms with E-state index in [1.807, 2.05) is 38.1 Å². The number of aliphatic hydroxyl groups excluding tert-OH is 2. The monoisotopic (exact) mass is 925 g/mol. The largest absolute Gasteiger partial charge is 0.512 e. The number of unbranched alkanes of at least 4 members (excludes halogenated alkanes) is 2. The Morgan fingerprint density at radius 2 is 1.02 bits per heavy atom. The summed E-state index contributed by atoms with van der Waals surface area (Å²) in [6.45, 7) is 30.4. The number of carbonyl (C=O) groups is 4. The molecule has 2 rings (SSSR count). The van der Waals surface area contributed by atoms with E-state index in [4.69, 9.17) is 18.9 Å². The first-order chi connectivity index (χ1) is 28.7. The molecule has 0 aliphatic heterocycles. The molecule has 0 aliphatic carbocycles. The van der Waals surface area contributed by atoms with Crippen LogP contribution in [-0.4, -0.2) is 66.2 Å². The molecule has 0 saturated carbocycles. The Morgan fingerprint density at radius 1 is 0.603 bits per heavy atom. The maximum absolute atomic E-state index is 12.4. The van der Waals surface area contributed by atoms with Crippen LogP contribution in [0, 0.1) is 16.7 Å². The molecule has 0 aromatic heterocycles. The molecule has 63 heavy (non-hydrogen) atoms. The van der Waals surface area contributed by atoms with Gasteiger partial charge in [0.25, 0.3) is 0 Å². The molecule has 0 spiro atoms. The van der Waals surface area contributed by atoms with E-state index in [1.54, 1.807) is 0 Å². The third-order valence-electron chi connectivity index (χ3n) is 10.3. The Balaban J connectivity index is 0.00000120. The number of esters is 2. The van der Waals surface area contributed by atoms with Crippen molar-refractivity contribution in [2.45, 2.75) is 178 Å². The minimum Gasteiger partial charge on any atom is -0.512 e. The van der Waals surface area contributed by atoms with Crippen LogP contribution in [0.3, 0.4) is 0 Å². The molecule has 0 radical (unpaired) electrons. The maximum Gasteiger partial charge on any atom is 0.345 e. The van der Waals surface area contributed by atoms with Crippen LogP contribution in [0.2, 0.25) is 0 Å². The number of allylic oxidation sites excluding steroid dienone is 1. The Labute approximate surface area is 390 Å². The van der Waals surface area contributed by atoms with E-state index < -0.39 is 29.7 Å². The molecule has 2 unspecified atom stereocenters. The normalized spacial score (nSPS) is 13.3. The first-order valence-corrected chi connectivity index (χ1v) is 22.7. The molecule has 0 bridgehead atoms. The number of carbonyl (C=O) groups excluding carboxylic acids is 4. The summed E-state index contributed by atoms with van der Waals surface area (Å²) in [6, 6.07) is 16.2. The van der Waals surface area contributed by atoms with Gasteiger partial charge in [0.2, 0.25) is 0 Å². The standard InChI is InChI=1S/C26H42O5.C26H40O5.Ni/c2*1-8-9-16-31-24(29)23(19(2)27)22(28)11-10-17-30-21-14-12-20(13-15-21)26(6,7)18-25(3,4)5;/h12-15,22-23,28H,8-11,16-18H2,1-7H3;12-15,27H,8-11,16-18H2,1-7H3;/b;23-19+;. The van der Waals surface area contributed by atoms with Crippen molar-refractivity contribution in [3.05, 3.63) is 71.0 Å². The summed E-state index contributed by atoms with van der Waals surface area (Å²) in [5, 5.41) is 20.1. The van der Waals surface area contributed by atoms with Gasteiger partial charge in [0.15, 0.2) is 5.78 Å². The van der Waals surface area contributed by atoms with Gasteiger partial charge in [-0.1, -0.05) is 120 Å². The maximum atomic E-state index is 12.4. The fourth-order valence-electron chi connectivity index (χ4n) is 7.90. The molecule has 0 fully saturated rings. The van der Waals surface area contributed by atoms with Gasteiger partial charge in [-0.15, -0.1) is 0 Å². The van der Waals surface area contributed by atoms with Crippen LogP contribution in [-0.2, 0) is 56.0 Å². The third-order valence-corrected chi connectivity index (χ3v) is 10.3. The number of ether oxygens (including phenoxy) is 4. The fraction of sp³-hybridized carbons (Fsp3) is 0.654. The average molecular weight is 926 g/mol. The van der Waals surface area contributed by atoms with Crippen LogP contribution in [0.4, 0.5) is 0 Å². The Hall–Kier alpha value is -3.69. The van der Waals surface area contributed by atoms with Gasteiger partial charge in [-0.05, 0) is 116 Å². The number of benzene rings is 2. The number of aliphatic hydroxyl groups is 2. The Bertz CT molecular complexity index is 1690. The molecule has 0 saturated heterocycles. The summed E-state index contributed by atoms with van der Waals surface area (Å²) >= 11 is 0. The van der Waals surface area contributed by atoms with Gasteiger partial charge in [0.05, 0.1) is 32.5 Å². The molecule has 0 heterocycles. The van der Waals surface area contributed by atoms with Crippen molar-refractivity contribution in [1.82, 2.24) is 0 Å². The molecule has 2 atom stereocenters. The van der Waals surface area contributed by atoms with Gasteiger partial charge >= 0.3 is 11.9 Å². The van der Waals surface area contributed by atoms with Gasteiger partial charge < -0.3 is 29.2 Å². The van der Waals surface area contributed by atoms with Crippen LogP contribution in [0.25, 0.3) is 0 Å². The number of hydrogen-bond donors (Lipinski definition) is 2. The van der Waals surface area contributed by atoms with Crippen molar-refractivity contribution in [3.8, 4) is 11.5 Å². The van der Waals surface area contributed by atoms with Gasteiger partial charge in [-0.3, -0.25) is 14.4 Å². The minimum atomic E-state index is -1.12. The van der Waals surface area contributed by atoms with Crippen LogP contribution in [0.15, 0.2) is 59.9 Å². The topological polar surface area (TPSA) is 146 Å². The first-order valence-electron chi connectivity index (χ1n) is 22.7. The average Bonchev–Trinajstić information content (AvgIpc) is 3.14. The Kier molecular flexibility index (Phi) is 26.6. The number of Topliss-reactive ketones (excluding diaryl/α,β-unsaturated/α-hetero) is 2. The van der Waals surface area contributed by atoms with Crippen molar-refractivity contribution < 1.29 is 64.8 Å². The van der Waals surface area contributed by atoms with Crippen LogP contribution in [0.1, 0.15) is 172 Å². The Morgan fingerprint density at radius 3 is 1.40 bits per heavy atom. The summed E-state index contributed by atoms with van der Waals surface area (Å²) in [5.41, 5.74) is 2.92. The van der Waals surface area contributed by atoms with Gasteiger partial charge in [-0.2, -0.15) is 0 Å². The second-order valence-corrected chi connectivity index (χ2v) is 20.3. The molecule has 2 aromatic rings. The van der Waals surface area contributed by atoms with Crippen LogP contribution in [0.5, 0.6) is 11.5 Å². The summed E-state index contributed by atoms with van der Waals surface area (Å²) in [6.07, 6.45) is 5.70. The van der Waals surface area contributed by atoms with Gasteiger partial charge in [-0.25, -0.2) is 4.79 Å². The second-order valence-electron chi connectivity index (χ2n) is 20.3. The zero-order valence-corrected chi connectivity index (χ0v) is 42.1. The van der Waals surface area contributed by atoms with Crippen molar-refractivity contribution in [2.75, 3.05) is 26.4 Å². The summed E-state index contributed by atoms with van der Waals surface area (Å²) < 4.78 is 21.7. The van der Waals surface area contributed by atoms with E-state index in [1.165, 1.54) is 25.0 Å². The molecule has 2 aromatic carbocycles. The van der Waals surface area contributed by atoms with E-state index >= 15 is 0 Å². The number of ketones is 2. The first kappa shape index (κ1) is 59.3. The molecule has 11 heteroatoms. The molecule has 2 N–H and O–H groups in total. The number of hydrogen-bond acceptors (Lipinski definition) is 10. The molecule has 360 valence electrons. The van der Waals surface area contributed by atoms with E-state index in [2.05, 4.69) is 93.5 Å². The van der Waals surface area contributed by atoms with E-state index in [0.29, 0.717) is 32.5 Å². The fourth-order valence-corrected chi connectivity index (χ4v) is 7.90. The quantitative estimate of drug-likeness (QED) is 0.0188. The van der Waals surface area contributed by atoms with Crippen LogP contribution >= 0.6 is 0 Å².